The van der Waals surface area contributed by atoms with E-state index in [0.717, 1.165) is 31.5 Å². The van der Waals surface area contributed by atoms with E-state index in [4.69, 9.17) is 9.47 Å². The summed E-state index contributed by atoms with van der Waals surface area (Å²) in [6.07, 6.45) is 2.89. The van der Waals surface area contributed by atoms with Gasteiger partial charge in [-0.25, -0.2) is 4.98 Å². The number of ether oxygens (including phenoxy) is 2. The highest BCUT2D eigenvalue weighted by atomic mass is 16.5. The molecule has 0 amide bonds. The zero-order valence-corrected chi connectivity index (χ0v) is 11.5. The molecule has 0 spiro atoms. The molecule has 0 saturated carbocycles. The van der Waals surface area contributed by atoms with Crippen molar-refractivity contribution in [1.82, 2.24) is 10.3 Å². The van der Waals surface area contributed by atoms with Crippen molar-refractivity contribution in [3.63, 3.8) is 0 Å². The Morgan fingerprint density at radius 2 is 1.95 bits per heavy atom. The first-order chi connectivity index (χ1) is 9.36. The van der Waals surface area contributed by atoms with Gasteiger partial charge in [-0.3, -0.25) is 0 Å². The van der Waals surface area contributed by atoms with Crippen LogP contribution in [0, 0.1) is 0 Å². The van der Waals surface area contributed by atoms with Gasteiger partial charge >= 0.3 is 0 Å². The molecule has 0 radical (unpaired) electrons. The maximum Gasteiger partial charge on any atom is 0.221 e. The van der Waals surface area contributed by atoms with Crippen molar-refractivity contribution >= 4 is 10.8 Å². The monoisotopic (exact) mass is 260 g/mol. The second kappa shape index (κ2) is 7.07. The molecule has 1 heterocycles. The lowest BCUT2D eigenvalue weighted by Crippen LogP contribution is -2.16. The molecule has 0 aliphatic carbocycles. The van der Waals surface area contributed by atoms with Crippen LogP contribution in [0.5, 0.6) is 5.88 Å². The second-order valence-electron chi connectivity index (χ2n) is 4.36. The number of nitrogens with zero attached hydrogens (tertiary/aromatic N) is 1. The van der Waals surface area contributed by atoms with E-state index in [9.17, 15) is 0 Å². The molecule has 4 nitrogen and oxygen atoms in total. The van der Waals surface area contributed by atoms with Gasteiger partial charge in [-0.1, -0.05) is 18.2 Å². The maximum absolute atomic E-state index is 5.29. The van der Waals surface area contributed by atoms with Gasteiger partial charge in [-0.05, 0) is 30.0 Å². The van der Waals surface area contributed by atoms with Crippen molar-refractivity contribution in [3.8, 4) is 5.88 Å². The average molecular weight is 260 g/mol. The number of methoxy groups -OCH3 is 2. The van der Waals surface area contributed by atoms with Gasteiger partial charge in [0.15, 0.2) is 0 Å². The zero-order chi connectivity index (χ0) is 13.5. The minimum Gasteiger partial charge on any atom is -0.481 e. The number of rotatable bonds is 7. The van der Waals surface area contributed by atoms with Crippen LogP contribution in [-0.2, 0) is 11.3 Å². The van der Waals surface area contributed by atoms with E-state index in [2.05, 4.69) is 16.4 Å². The molecule has 0 fully saturated rings. The van der Waals surface area contributed by atoms with Crippen LogP contribution in [0.2, 0.25) is 0 Å². The highest BCUT2D eigenvalue weighted by Gasteiger charge is 2.06. The van der Waals surface area contributed by atoms with Gasteiger partial charge in [0, 0.05) is 31.8 Å². The van der Waals surface area contributed by atoms with E-state index in [1.807, 2.05) is 24.4 Å². The molecule has 2 rings (SSSR count). The molecule has 1 aromatic carbocycles. The molecular weight excluding hydrogens is 240 g/mol. The number of nitrogens with one attached hydrogen (secondary N) is 1. The van der Waals surface area contributed by atoms with Gasteiger partial charge in [-0.2, -0.15) is 0 Å². The van der Waals surface area contributed by atoms with Crippen LogP contribution < -0.4 is 10.1 Å². The normalized spacial score (nSPS) is 10.8. The molecule has 2 aromatic rings. The Morgan fingerprint density at radius 1 is 1.16 bits per heavy atom. The van der Waals surface area contributed by atoms with Crippen LogP contribution in [0.1, 0.15) is 12.0 Å². The summed E-state index contributed by atoms with van der Waals surface area (Å²) in [5, 5.41) is 5.65. The molecule has 0 aliphatic heterocycles. The molecule has 0 unspecified atom stereocenters. The fourth-order valence-corrected chi connectivity index (χ4v) is 2.09. The smallest absolute Gasteiger partial charge is 0.221 e. The Hall–Kier alpha value is -1.65. The van der Waals surface area contributed by atoms with Gasteiger partial charge in [0.25, 0.3) is 0 Å². The van der Waals surface area contributed by atoms with Gasteiger partial charge in [0.1, 0.15) is 0 Å². The number of pyridine rings is 1. The summed E-state index contributed by atoms with van der Waals surface area (Å²) in [6, 6.07) is 8.18. The Bertz CT molecular complexity index is 529. The van der Waals surface area contributed by atoms with Gasteiger partial charge in [0.05, 0.1) is 7.11 Å². The SMILES string of the molecule is COCCCNCc1cnc(OC)c2ccccc12. The first kappa shape index (κ1) is 13.8. The van der Waals surface area contributed by atoms with E-state index in [1.54, 1.807) is 14.2 Å². The fraction of sp³-hybridized carbons (Fsp3) is 0.400. The van der Waals surface area contributed by atoms with Crippen LogP contribution in [0.15, 0.2) is 30.5 Å². The van der Waals surface area contributed by atoms with E-state index >= 15 is 0 Å². The predicted molar refractivity (Wildman–Crippen MR) is 76.5 cm³/mol. The van der Waals surface area contributed by atoms with Crippen LogP contribution >= 0.6 is 0 Å². The summed E-state index contributed by atoms with van der Waals surface area (Å²) in [7, 11) is 3.37. The minimum atomic E-state index is 0.679. The molecule has 4 heteroatoms. The standard InChI is InChI=1S/C15H20N2O2/c1-18-9-5-8-16-10-12-11-17-15(19-2)14-7-4-3-6-13(12)14/h3-4,6-7,11,16H,5,8-10H2,1-2H3. The molecule has 19 heavy (non-hydrogen) atoms. The van der Waals surface area contributed by atoms with Crippen LogP contribution in [0.4, 0.5) is 0 Å². The summed E-state index contributed by atoms with van der Waals surface area (Å²) >= 11 is 0. The van der Waals surface area contributed by atoms with Gasteiger partial charge in [-0.15, -0.1) is 0 Å². The number of fused-ring (bicyclic) bond motifs is 1. The van der Waals surface area contributed by atoms with Crippen LogP contribution in [0.3, 0.4) is 0 Å². The number of hydrogen-bond acceptors (Lipinski definition) is 4. The lowest BCUT2D eigenvalue weighted by Gasteiger charge is -2.10. The summed E-state index contributed by atoms with van der Waals surface area (Å²) in [6.45, 7) is 2.53. The lowest BCUT2D eigenvalue weighted by atomic mass is 10.1. The highest BCUT2D eigenvalue weighted by molar-refractivity contribution is 5.89. The summed E-state index contributed by atoms with van der Waals surface area (Å²) < 4.78 is 10.3. The van der Waals surface area contributed by atoms with Crippen molar-refractivity contribution in [2.75, 3.05) is 27.4 Å². The second-order valence-corrected chi connectivity index (χ2v) is 4.36. The third kappa shape index (κ3) is 3.43. The molecule has 1 aromatic heterocycles. The summed E-state index contributed by atoms with van der Waals surface area (Å²) in [4.78, 5) is 4.35. The molecule has 0 aliphatic rings. The quantitative estimate of drug-likeness (QED) is 0.776. The fourth-order valence-electron chi connectivity index (χ4n) is 2.09. The van der Waals surface area contributed by atoms with E-state index < -0.39 is 0 Å². The van der Waals surface area contributed by atoms with Crippen LogP contribution in [0.25, 0.3) is 10.8 Å². The first-order valence-corrected chi connectivity index (χ1v) is 6.47. The third-order valence-corrected chi connectivity index (χ3v) is 3.05. The van der Waals surface area contributed by atoms with Gasteiger partial charge in [0.2, 0.25) is 5.88 Å². The van der Waals surface area contributed by atoms with Gasteiger partial charge < -0.3 is 14.8 Å². The van der Waals surface area contributed by atoms with E-state index in [0.29, 0.717) is 5.88 Å². The summed E-state index contributed by atoms with van der Waals surface area (Å²) in [5.41, 5.74) is 1.19. The molecule has 0 bridgehead atoms. The van der Waals surface area contributed by atoms with E-state index in [1.165, 1.54) is 10.9 Å². The van der Waals surface area contributed by atoms with Crippen molar-refractivity contribution in [2.24, 2.45) is 0 Å². The minimum absolute atomic E-state index is 0.679. The third-order valence-electron chi connectivity index (χ3n) is 3.05. The lowest BCUT2D eigenvalue weighted by molar-refractivity contribution is 0.194. The molecule has 1 N–H and O–H groups in total. The van der Waals surface area contributed by atoms with Crippen molar-refractivity contribution in [1.29, 1.82) is 0 Å². The molecule has 102 valence electrons. The predicted octanol–water partition coefficient (Wildman–Crippen LogP) is 2.37. The Balaban J connectivity index is 2.11. The zero-order valence-electron chi connectivity index (χ0n) is 11.5. The largest absolute Gasteiger partial charge is 0.481 e. The Morgan fingerprint density at radius 3 is 2.68 bits per heavy atom. The Kier molecular flexibility index (Phi) is 5.12. The average Bonchev–Trinajstić information content (AvgIpc) is 2.47. The topological polar surface area (TPSA) is 43.4 Å². The van der Waals surface area contributed by atoms with Crippen molar-refractivity contribution < 1.29 is 9.47 Å². The highest BCUT2D eigenvalue weighted by Crippen LogP contribution is 2.25. The first-order valence-electron chi connectivity index (χ1n) is 6.47. The number of aromatic nitrogens is 1. The number of hydrogen-bond donors (Lipinski definition) is 1. The Labute approximate surface area is 113 Å². The maximum atomic E-state index is 5.29. The number of benzene rings is 1. The molecular formula is C15H20N2O2. The van der Waals surface area contributed by atoms with Crippen molar-refractivity contribution in [3.05, 3.63) is 36.0 Å². The van der Waals surface area contributed by atoms with E-state index in [-0.39, 0.29) is 0 Å². The van der Waals surface area contributed by atoms with Crippen molar-refractivity contribution in [2.45, 2.75) is 13.0 Å². The molecule has 0 atom stereocenters. The molecule has 0 saturated heterocycles. The summed E-state index contributed by atoms with van der Waals surface area (Å²) in [5.74, 6) is 0.679. The van der Waals surface area contributed by atoms with Crippen LogP contribution in [-0.4, -0.2) is 32.4 Å².